The van der Waals surface area contributed by atoms with Crippen molar-refractivity contribution >= 4 is 17.8 Å². The van der Waals surface area contributed by atoms with E-state index >= 15 is 0 Å². The molecule has 0 radical (unpaired) electrons. The van der Waals surface area contributed by atoms with Gasteiger partial charge in [0.2, 0.25) is 11.8 Å². The lowest BCUT2D eigenvalue weighted by Crippen LogP contribution is -2.46. The Labute approximate surface area is 110 Å². The molecular formula is C13H16N2O4. The largest absolute Gasteiger partial charge is 0.469 e. The van der Waals surface area contributed by atoms with Crippen LogP contribution in [0.15, 0.2) is 30.3 Å². The van der Waals surface area contributed by atoms with Crippen LogP contribution in [0, 0.1) is 0 Å². The molecule has 1 rings (SSSR count). The molecule has 1 aromatic rings. The van der Waals surface area contributed by atoms with Crippen LogP contribution in [0.1, 0.15) is 12.0 Å². The molecule has 0 heterocycles. The monoisotopic (exact) mass is 264 g/mol. The summed E-state index contributed by atoms with van der Waals surface area (Å²) in [6.45, 7) is 0. The highest BCUT2D eigenvalue weighted by molar-refractivity contribution is 5.96. The third kappa shape index (κ3) is 5.20. The van der Waals surface area contributed by atoms with Crippen LogP contribution < -0.4 is 11.1 Å². The van der Waals surface area contributed by atoms with Crippen LogP contribution in [-0.4, -0.2) is 30.9 Å². The molecule has 0 saturated carbocycles. The summed E-state index contributed by atoms with van der Waals surface area (Å²) < 4.78 is 4.37. The first kappa shape index (κ1) is 14.7. The maximum atomic E-state index is 11.5. The van der Waals surface area contributed by atoms with E-state index in [0.717, 1.165) is 5.56 Å². The van der Waals surface area contributed by atoms with Crippen LogP contribution >= 0.6 is 0 Å². The predicted octanol–water partition coefficient (Wildman–Crippen LogP) is -0.238. The number of hydrogen-bond acceptors (Lipinski definition) is 4. The van der Waals surface area contributed by atoms with Crippen LogP contribution in [0.25, 0.3) is 0 Å². The highest BCUT2D eigenvalue weighted by atomic mass is 16.5. The number of nitrogens with two attached hydrogens (primary N) is 1. The smallest absolute Gasteiger partial charge is 0.315 e. The van der Waals surface area contributed by atoms with E-state index in [9.17, 15) is 14.4 Å². The summed E-state index contributed by atoms with van der Waals surface area (Å²) in [5.41, 5.74) is 6.09. The molecule has 6 nitrogen and oxygen atoms in total. The third-order valence-electron chi connectivity index (χ3n) is 2.49. The number of carbonyl (C=O) groups excluding carboxylic acids is 3. The lowest BCUT2D eigenvalue weighted by molar-refractivity contribution is -0.144. The quantitative estimate of drug-likeness (QED) is 0.547. The number of carbonyl (C=O) groups is 3. The molecule has 2 amide bonds. The molecule has 102 valence electrons. The standard InChI is InChI=1S/C13H16N2O4/c1-19-12(17)8-11(16)15-10(13(14)18)7-9-5-3-2-4-6-9/h2-6,10H,7-8H2,1H3,(H2,14,18)(H,15,16)/t10-/m0/s1. The molecule has 0 saturated heterocycles. The van der Waals surface area contributed by atoms with E-state index in [0.29, 0.717) is 0 Å². The summed E-state index contributed by atoms with van der Waals surface area (Å²) in [6.07, 6.45) is -0.155. The van der Waals surface area contributed by atoms with Crippen molar-refractivity contribution in [3.05, 3.63) is 35.9 Å². The van der Waals surface area contributed by atoms with Crippen LogP contribution in [0.3, 0.4) is 0 Å². The SMILES string of the molecule is COC(=O)CC(=O)N[C@@H](Cc1ccccc1)C(N)=O. The van der Waals surface area contributed by atoms with Gasteiger partial charge in [-0.2, -0.15) is 0 Å². The lowest BCUT2D eigenvalue weighted by atomic mass is 10.1. The minimum atomic E-state index is -0.848. The average Bonchev–Trinajstić information content (AvgIpc) is 2.38. The summed E-state index contributed by atoms with van der Waals surface area (Å²) >= 11 is 0. The summed E-state index contributed by atoms with van der Waals surface area (Å²) in [7, 11) is 1.19. The Morgan fingerprint density at radius 3 is 2.42 bits per heavy atom. The molecule has 0 aliphatic carbocycles. The zero-order chi connectivity index (χ0) is 14.3. The van der Waals surface area contributed by atoms with E-state index in [1.807, 2.05) is 30.3 Å². The zero-order valence-electron chi connectivity index (χ0n) is 10.6. The van der Waals surface area contributed by atoms with Gasteiger partial charge in [-0.1, -0.05) is 30.3 Å². The molecule has 0 aliphatic heterocycles. The molecule has 1 aromatic carbocycles. The summed E-state index contributed by atoms with van der Waals surface area (Å²) in [4.78, 5) is 33.7. The molecule has 3 N–H and O–H groups in total. The second kappa shape index (κ2) is 7.15. The summed E-state index contributed by atoms with van der Waals surface area (Å²) in [5, 5.41) is 2.42. The fraction of sp³-hybridized carbons (Fsp3) is 0.308. The van der Waals surface area contributed by atoms with E-state index in [2.05, 4.69) is 10.1 Å². The highest BCUT2D eigenvalue weighted by Gasteiger charge is 2.20. The second-order valence-electron chi connectivity index (χ2n) is 3.97. The first-order chi connectivity index (χ1) is 9.02. The highest BCUT2D eigenvalue weighted by Crippen LogP contribution is 2.03. The number of rotatable bonds is 6. The maximum Gasteiger partial charge on any atom is 0.315 e. The number of amides is 2. The van der Waals surface area contributed by atoms with Crippen LogP contribution in [0.2, 0.25) is 0 Å². The Kier molecular flexibility index (Phi) is 5.53. The topological polar surface area (TPSA) is 98.5 Å². The molecule has 6 heteroatoms. The van der Waals surface area contributed by atoms with Gasteiger partial charge in [0, 0.05) is 6.42 Å². The number of ether oxygens (including phenoxy) is 1. The molecular weight excluding hydrogens is 248 g/mol. The molecule has 0 aliphatic rings. The van der Waals surface area contributed by atoms with Crippen molar-refractivity contribution in [1.82, 2.24) is 5.32 Å². The Hall–Kier alpha value is -2.37. The van der Waals surface area contributed by atoms with Crippen molar-refractivity contribution in [2.24, 2.45) is 5.73 Å². The molecule has 19 heavy (non-hydrogen) atoms. The molecule has 0 aromatic heterocycles. The minimum Gasteiger partial charge on any atom is -0.469 e. The summed E-state index contributed by atoms with van der Waals surface area (Å²) in [5.74, 6) is -1.91. The van der Waals surface area contributed by atoms with Gasteiger partial charge in [0.1, 0.15) is 12.5 Å². The molecule has 0 spiro atoms. The Morgan fingerprint density at radius 1 is 1.26 bits per heavy atom. The van der Waals surface area contributed by atoms with Crippen molar-refractivity contribution in [1.29, 1.82) is 0 Å². The van der Waals surface area contributed by atoms with Gasteiger partial charge >= 0.3 is 5.97 Å². The van der Waals surface area contributed by atoms with Gasteiger partial charge in [0.15, 0.2) is 0 Å². The molecule has 0 unspecified atom stereocenters. The van der Waals surface area contributed by atoms with E-state index < -0.39 is 30.2 Å². The van der Waals surface area contributed by atoms with E-state index in [-0.39, 0.29) is 6.42 Å². The van der Waals surface area contributed by atoms with Crippen molar-refractivity contribution in [3.63, 3.8) is 0 Å². The number of benzene rings is 1. The number of methoxy groups -OCH3 is 1. The first-order valence-electron chi connectivity index (χ1n) is 5.72. The van der Waals surface area contributed by atoms with Crippen molar-refractivity contribution in [3.8, 4) is 0 Å². The first-order valence-corrected chi connectivity index (χ1v) is 5.72. The number of primary amides is 1. The van der Waals surface area contributed by atoms with Gasteiger partial charge in [-0.3, -0.25) is 14.4 Å². The second-order valence-corrected chi connectivity index (χ2v) is 3.97. The van der Waals surface area contributed by atoms with Crippen LogP contribution in [-0.2, 0) is 25.5 Å². The Bertz CT molecular complexity index is 459. The van der Waals surface area contributed by atoms with Gasteiger partial charge in [0.25, 0.3) is 0 Å². The lowest BCUT2D eigenvalue weighted by Gasteiger charge is -2.15. The van der Waals surface area contributed by atoms with E-state index in [4.69, 9.17) is 5.73 Å². The van der Waals surface area contributed by atoms with Gasteiger partial charge in [-0.05, 0) is 5.56 Å². The number of esters is 1. The Morgan fingerprint density at radius 2 is 1.89 bits per heavy atom. The van der Waals surface area contributed by atoms with Gasteiger partial charge in [-0.15, -0.1) is 0 Å². The van der Waals surface area contributed by atoms with Crippen LogP contribution in [0.4, 0.5) is 0 Å². The van der Waals surface area contributed by atoms with Crippen molar-refractivity contribution in [2.45, 2.75) is 18.9 Å². The third-order valence-corrected chi connectivity index (χ3v) is 2.49. The van der Waals surface area contributed by atoms with Gasteiger partial charge in [-0.25, -0.2) is 0 Å². The van der Waals surface area contributed by atoms with Crippen LogP contribution in [0.5, 0.6) is 0 Å². The van der Waals surface area contributed by atoms with Gasteiger partial charge < -0.3 is 15.8 Å². The predicted molar refractivity (Wildman–Crippen MR) is 67.9 cm³/mol. The molecule has 1 atom stereocenters. The van der Waals surface area contributed by atoms with Crippen molar-refractivity contribution in [2.75, 3.05) is 7.11 Å². The normalized spacial score (nSPS) is 11.4. The molecule has 0 bridgehead atoms. The summed E-state index contributed by atoms with van der Waals surface area (Å²) in [6, 6.07) is 8.29. The van der Waals surface area contributed by atoms with Crippen molar-refractivity contribution < 1.29 is 19.1 Å². The van der Waals surface area contributed by atoms with E-state index in [1.165, 1.54) is 7.11 Å². The molecule has 0 fully saturated rings. The van der Waals surface area contributed by atoms with Gasteiger partial charge in [0.05, 0.1) is 7.11 Å². The maximum absolute atomic E-state index is 11.5. The van der Waals surface area contributed by atoms with E-state index in [1.54, 1.807) is 0 Å². The minimum absolute atomic E-state index is 0.281. The average molecular weight is 264 g/mol. The Balaban J connectivity index is 2.61. The fourth-order valence-electron chi connectivity index (χ4n) is 1.52. The zero-order valence-corrected chi connectivity index (χ0v) is 10.6. The number of hydrogen-bond donors (Lipinski definition) is 2. The number of nitrogens with one attached hydrogen (secondary N) is 1. The fourth-order valence-corrected chi connectivity index (χ4v) is 1.52.